The molecule has 5 aromatic heterocycles. The van der Waals surface area contributed by atoms with Gasteiger partial charge in [0, 0.05) is 111 Å². The van der Waals surface area contributed by atoms with Gasteiger partial charge in [0.2, 0.25) is 23.8 Å². The largest absolute Gasteiger partial charge is 0.411 e. The molecule has 0 radical (unpaired) electrons. The van der Waals surface area contributed by atoms with E-state index in [2.05, 4.69) is 108 Å². The van der Waals surface area contributed by atoms with Gasteiger partial charge in [0.1, 0.15) is 48.0 Å². The van der Waals surface area contributed by atoms with Crippen molar-refractivity contribution in [3.63, 3.8) is 0 Å². The number of nitrogens with two attached hydrogens (primary N) is 5. The Bertz CT molecular complexity index is 4790. The molecule has 14 fully saturated rings. The number of hydrogen-bond donors (Lipinski definition) is 16. The van der Waals surface area contributed by atoms with E-state index in [0.29, 0.717) is 170 Å². The number of anilines is 8. The minimum Gasteiger partial charge on any atom is -0.396 e. The molecule has 5 amide bonds. The number of fused-ring (bicyclic) bond motifs is 3. The molecule has 14 aliphatic rings. The zero-order valence-electron chi connectivity index (χ0n) is 79.7. The third-order valence-corrected chi connectivity index (χ3v) is 30.6. The van der Waals surface area contributed by atoms with E-state index in [-0.39, 0.29) is 108 Å². The van der Waals surface area contributed by atoms with Gasteiger partial charge in [-0.15, -0.1) is 0 Å². The Morgan fingerprint density at radius 1 is 0.460 bits per heavy atom. The van der Waals surface area contributed by atoms with E-state index < -0.39 is 66.9 Å². The van der Waals surface area contributed by atoms with Gasteiger partial charge in [-0.3, -0.25) is 24.0 Å². The molecule has 137 heavy (non-hydrogen) atoms. The SMILES string of the molecule is CC(F)(F)COC1CCC(Nc2ncc(C(N)=O)c(NC3CCC[C@@H]3CO)n2)CC1.CC(F)OC1CCC(Nc2ncc(C(N)=O)c(C[C@@H]3CCC[C@@H]3CO)n2)CC1.CC1CCC1Nc1nc(NC2CCC(OCC(F)(F)F)CC2)ncc1C(N)=O.C[C@@H]1CC[C@@H](Nc2nc(NC34CC(C3)C4)ncc2C(N)=O)C[C@H]1O.C[C@H]1CCC[C@@H](Nc2nc(CC34CCC(F)(CC3)CC4)ncc2C(N)=O)C1. The summed E-state index contributed by atoms with van der Waals surface area (Å²) in [5, 5.41) is 55.7. The van der Waals surface area contributed by atoms with Gasteiger partial charge < -0.3 is 101 Å². The van der Waals surface area contributed by atoms with E-state index in [9.17, 15) is 70.0 Å². The number of aliphatic hydroxyl groups is 3. The van der Waals surface area contributed by atoms with Crippen molar-refractivity contribution < 1.29 is 84.2 Å². The Balaban J connectivity index is 0.000000145. The van der Waals surface area contributed by atoms with Crippen LogP contribution in [0.2, 0.25) is 0 Å². The number of hydrogen-bond acceptors (Lipinski definition) is 29. The fourth-order valence-electron chi connectivity index (χ4n) is 21.9. The van der Waals surface area contributed by atoms with Crippen molar-refractivity contribution in [1.29, 1.82) is 0 Å². The Morgan fingerprint density at radius 3 is 1.36 bits per heavy atom. The molecule has 0 saturated heterocycles. The molecule has 5 heterocycles. The number of amides is 5. The molecule has 19 rings (SSSR count). The molecule has 5 aromatic rings. The number of ether oxygens (including phenoxy) is 3. The molecule has 21 N–H and O–H groups in total. The van der Waals surface area contributed by atoms with Crippen LogP contribution in [-0.2, 0) is 27.1 Å². The summed E-state index contributed by atoms with van der Waals surface area (Å²) in [4.78, 5) is 103. The number of aromatic nitrogens is 10. The third kappa shape index (κ3) is 30.0. The van der Waals surface area contributed by atoms with Crippen LogP contribution in [0.4, 0.5) is 77.8 Å². The number of halogens is 7. The number of carbonyl (C=O) groups is 5. The second kappa shape index (κ2) is 47.1. The van der Waals surface area contributed by atoms with Crippen molar-refractivity contribution in [2.45, 2.75) is 375 Å². The summed E-state index contributed by atoms with van der Waals surface area (Å²) in [6.45, 7) is 7.20. The standard InChI is InChI=1S/C21H31FN4O.C20H31F2N5O3.C20H31FN4O3.C18H26F3N5O2.C17H25N5O2/c1-14-3-2-4-15(11-14)25-19-16(18(23)27)13-24-17(26-19)12-20-5-8-21(22,9-6-20)10-7-20;1-20(21,22)11-30-14-7-5-13(6-8-14)25-19-24-9-15(17(23)29)18(27-19)26-16-4-2-3-12(16)10-28;1-12(21)28-16-7-5-15(6-8-16)24-20-23-10-17(19(22)27)18(25-20)9-13-3-2-4-14(13)11-26;1-10-2-7-14(10)25-16-13(15(22)27)8-23-17(26-16)24-11-3-5-12(6-4-11)28-9-18(19,20)21;1-9-2-3-11(4-13(9)23)20-15-12(14(18)24)8-19-16(21-15)22-17-5-10(6-17)7-17/h13-15H,2-12H2,1H3,(H2,23,27)(H,24,25,26);9,12-14,16,28H,2-8,10-11H2,1H3,(H2,23,29)(H2,24,25,26,27);10,12-16,26H,2-9,11H2,1H3,(H2,22,27)(H,23,24,25);8,10-12,14H,2-7,9H2,1H3,(H2,22,27)(H2,23,24,25,26);8-11,13,23H,2-7H2,1H3,(H2,18,24)(H2,19,20,21,22)/t14-,15+,20?,21?;12-,13?,14?,16?;12?,13-,14+,15?,16?;;9-,10?,11-,13-,17?/m010.1/s1. The third-order valence-electron chi connectivity index (χ3n) is 30.6. The monoisotopic (exact) mass is 1930 g/mol. The summed E-state index contributed by atoms with van der Waals surface area (Å²) < 4.78 is 106. The molecule has 4 bridgehead atoms. The van der Waals surface area contributed by atoms with Crippen LogP contribution in [0.3, 0.4) is 0 Å². The zero-order valence-corrected chi connectivity index (χ0v) is 79.7. The van der Waals surface area contributed by atoms with Gasteiger partial charge in [-0.2, -0.15) is 28.1 Å². The van der Waals surface area contributed by atoms with Gasteiger partial charge >= 0.3 is 6.18 Å². The van der Waals surface area contributed by atoms with Crippen molar-refractivity contribution in [3.05, 3.63) is 70.3 Å². The van der Waals surface area contributed by atoms with E-state index in [4.69, 9.17) is 47.9 Å². The number of carbonyl (C=O) groups excluding carboxylic acids is 5. The van der Waals surface area contributed by atoms with Gasteiger partial charge in [0.25, 0.3) is 35.5 Å². The molecule has 0 aliphatic heterocycles. The molecular weight excluding hydrogens is 1780 g/mol. The Hall–Kier alpha value is -9.58. The van der Waals surface area contributed by atoms with Crippen LogP contribution < -0.4 is 71.2 Å². The second-order valence-corrected chi connectivity index (χ2v) is 41.4. The van der Waals surface area contributed by atoms with Crippen molar-refractivity contribution in [3.8, 4) is 0 Å². The van der Waals surface area contributed by atoms with Gasteiger partial charge in [-0.1, -0.05) is 46.5 Å². The van der Waals surface area contributed by atoms with E-state index in [1.165, 1.54) is 63.8 Å². The molecule has 0 aromatic carbocycles. The Morgan fingerprint density at radius 2 is 0.891 bits per heavy atom. The van der Waals surface area contributed by atoms with Crippen LogP contribution >= 0.6 is 0 Å². The smallest absolute Gasteiger partial charge is 0.396 e. The summed E-state index contributed by atoms with van der Waals surface area (Å²) in [6.07, 6.45) is 34.3. The van der Waals surface area contributed by atoms with Gasteiger partial charge in [0.05, 0.1) is 57.9 Å². The number of rotatable bonds is 34. The average Bonchev–Trinajstić information content (AvgIpc) is 0.789. The van der Waals surface area contributed by atoms with E-state index >= 15 is 0 Å². The second-order valence-electron chi connectivity index (χ2n) is 41.4. The fourth-order valence-corrected chi connectivity index (χ4v) is 21.9. The van der Waals surface area contributed by atoms with E-state index in [0.717, 1.165) is 160 Å². The highest BCUT2D eigenvalue weighted by molar-refractivity contribution is 5.99. The lowest BCUT2D eigenvalue weighted by atomic mass is 9.50. The zero-order chi connectivity index (χ0) is 98.1. The average molecular weight is 1930 g/mol. The Labute approximate surface area is 796 Å². The number of primary amides is 5. The van der Waals surface area contributed by atoms with Crippen LogP contribution in [0.15, 0.2) is 31.0 Å². The van der Waals surface area contributed by atoms with Crippen molar-refractivity contribution >= 4 is 76.6 Å². The van der Waals surface area contributed by atoms with Crippen LogP contribution in [0.25, 0.3) is 0 Å². The summed E-state index contributed by atoms with van der Waals surface area (Å²) in [7, 11) is 0. The molecule has 758 valence electrons. The molecule has 12 atom stereocenters. The number of alkyl halides is 7. The summed E-state index contributed by atoms with van der Waals surface area (Å²) in [5.74, 6) is 1.81. The summed E-state index contributed by atoms with van der Waals surface area (Å²) >= 11 is 0. The predicted molar refractivity (Wildman–Crippen MR) is 504 cm³/mol. The maximum atomic E-state index is 14.5. The van der Waals surface area contributed by atoms with Gasteiger partial charge in [-0.05, 0) is 260 Å². The topological polar surface area (TPSA) is 529 Å². The van der Waals surface area contributed by atoms with Gasteiger partial charge in [-0.25, -0.2) is 52.4 Å². The van der Waals surface area contributed by atoms with Crippen molar-refractivity contribution in [1.82, 2.24) is 49.8 Å². The summed E-state index contributed by atoms with van der Waals surface area (Å²) in [6, 6.07) is 1.02. The maximum Gasteiger partial charge on any atom is 0.411 e. The highest BCUT2D eigenvalue weighted by Gasteiger charge is 2.57. The molecule has 0 spiro atoms. The first-order chi connectivity index (χ1) is 65.2. The fraction of sp³-hybridized carbons (Fsp3) is 0.740. The maximum absolute atomic E-state index is 14.5. The lowest BCUT2D eigenvalue weighted by Gasteiger charge is -2.61. The van der Waals surface area contributed by atoms with E-state index in [1.807, 2.05) is 0 Å². The normalized spacial score (nSPS) is 31.0. The van der Waals surface area contributed by atoms with Crippen LogP contribution in [0.5, 0.6) is 0 Å². The van der Waals surface area contributed by atoms with Crippen molar-refractivity contribution in [2.75, 3.05) is 69.0 Å². The molecule has 41 heteroatoms. The first kappa shape index (κ1) is 105. The molecule has 34 nitrogen and oxygen atoms in total. The first-order valence-electron chi connectivity index (χ1n) is 49.7. The predicted octanol–water partition coefficient (Wildman–Crippen LogP) is 13.9. The van der Waals surface area contributed by atoms with Gasteiger partial charge in [0.15, 0.2) is 6.36 Å². The van der Waals surface area contributed by atoms with Crippen molar-refractivity contribution in [2.24, 2.45) is 75.5 Å². The highest BCUT2D eigenvalue weighted by atomic mass is 19.4. The van der Waals surface area contributed by atoms with E-state index in [1.54, 1.807) is 6.20 Å². The molecule has 14 saturated carbocycles. The quantitative estimate of drug-likeness (QED) is 0.0170. The first-order valence-corrected chi connectivity index (χ1v) is 49.7. The number of aliphatic hydroxyl groups excluding tert-OH is 3. The van der Waals surface area contributed by atoms with Crippen LogP contribution in [0.1, 0.15) is 329 Å². The lowest BCUT2D eigenvalue weighted by Crippen LogP contribution is -2.63. The molecule has 14 aliphatic carbocycles. The Kier molecular flexibility index (Phi) is 36.0. The minimum absolute atomic E-state index is 0.0279. The number of nitrogens with zero attached hydrogens (tertiary/aromatic N) is 10. The highest BCUT2D eigenvalue weighted by Crippen LogP contribution is 2.59. The number of nitrogens with one attached hydrogen (secondary N) is 8. The van der Waals surface area contributed by atoms with Crippen LogP contribution in [0, 0.1) is 46.8 Å². The van der Waals surface area contributed by atoms with Crippen LogP contribution in [-0.4, -0.2) is 217 Å². The summed E-state index contributed by atoms with van der Waals surface area (Å²) in [5.41, 5.74) is 28.9. The molecule has 4 unspecified atom stereocenters. The minimum atomic E-state index is -4.30. The lowest BCUT2D eigenvalue weighted by molar-refractivity contribution is -0.187. The molecular formula is C96H144F7N23O11.